The molecule has 0 bridgehead atoms. The van der Waals surface area contributed by atoms with Crippen LogP contribution in [0.3, 0.4) is 0 Å². The fraction of sp³-hybridized carbons (Fsp3) is 1.00. The van der Waals surface area contributed by atoms with Crippen molar-refractivity contribution in [3.8, 4) is 0 Å². The van der Waals surface area contributed by atoms with Crippen LogP contribution in [0, 0.1) is 0 Å². The normalized spacial score (nSPS) is 34.2. The first-order valence-electron chi connectivity index (χ1n) is 3.33. The van der Waals surface area contributed by atoms with E-state index in [9.17, 15) is 4.39 Å². The highest BCUT2D eigenvalue weighted by atomic mass is 35.5. The molecule has 1 aliphatic heterocycles. The third-order valence-electron chi connectivity index (χ3n) is 1.60. The maximum atomic E-state index is 12.5. The van der Waals surface area contributed by atoms with Crippen LogP contribution in [0.4, 0.5) is 4.39 Å². The zero-order valence-corrected chi connectivity index (χ0v) is 6.53. The molecule has 0 aromatic carbocycles. The highest BCUT2D eigenvalue weighted by Gasteiger charge is 2.19. The first kappa shape index (κ1) is 10.1. The molecule has 0 aromatic rings. The number of nitrogens with one attached hydrogen (secondary N) is 1. The van der Waals surface area contributed by atoms with Gasteiger partial charge in [-0.3, -0.25) is 0 Å². The first-order valence-corrected chi connectivity index (χ1v) is 3.33. The molecule has 1 fully saturated rings. The molecule has 0 aliphatic carbocycles. The standard InChI is InChI=1S/C6H12FNO.ClH/c7-5-2-1-3-8-4-6(5)9;/h5-6,8-9H,1-4H2;1H. The van der Waals surface area contributed by atoms with Crippen molar-refractivity contribution in [3.05, 3.63) is 0 Å². The number of hydrogen-bond donors (Lipinski definition) is 2. The summed E-state index contributed by atoms with van der Waals surface area (Å²) < 4.78 is 12.5. The molecule has 2 nitrogen and oxygen atoms in total. The predicted octanol–water partition coefficient (Wildman–Crippen LogP) is 0.491. The Morgan fingerprint density at radius 1 is 1.50 bits per heavy atom. The molecular weight excluding hydrogens is 157 g/mol. The molecule has 0 spiro atoms. The van der Waals surface area contributed by atoms with Crippen LogP contribution in [-0.4, -0.2) is 30.5 Å². The van der Waals surface area contributed by atoms with Crippen molar-refractivity contribution >= 4 is 12.4 Å². The first-order chi connectivity index (χ1) is 4.30. The van der Waals surface area contributed by atoms with Crippen LogP contribution in [-0.2, 0) is 0 Å². The van der Waals surface area contributed by atoms with E-state index in [0.717, 1.165) is 13.0 Å². The van der Waals surface area contributed by atoms with Gasteiger partial charge in [0.15, 0.2) is 0 Å². The predicted molar refractivity (Wildman–Crippen MR) is 40.3 cm³/mol. The second-order valence-electron chi connectivity index (χ2n) is 2.43. The molecule has 0 amide bonds. The Bertz CT molecular complexity index is 83.8. The van der Waals surface area contributed by atoms with E-state index < -0.39 is 12.3 Å². The smallest absolute Gasteiger partial charge is 0.127 e. The average Bonchev–Trinajstić information content (AvgIpc) is 1.99. The summed E-state index contributed by atoms with van der Waals surface area (Å²) in [6, 6.07) is 0. The molecule has 4 heteroatoms. The van der Waals surface area contributed by atoms with Gasteiger partial charge < -0.3 is 10.4 Å². The third-order valence-corrected chi connectivity index (χ3v) is 1.60. The van der Waals surface area contributed by atoms with Crippen LogP contribution >= 0.6 is 12.4 Å². The molecule has 1 rings (SSSR count). The lowest BCUT2D eigenvalue weighted by molar-refractivity contribution is 0.0813. The number of alkyl halides is 1. The summed E-state index contributed by atoms with van der Waals surface area (Å²) in [6.07, 6.45) is -0.473. The number of hydrogen-bond acceptors (Lipinski definition) is 2. The van der Waals surface area contributed by atoms with Gasteiger partial charge in [-0.25, -0.2) is 4.39 Å². The molecule has 62 valence electrons. The molecule has 1 heterocycles. The van der Waals surface area contributed by atoms with Crippen LogP contribution in [0.15, 0.2) is 0 Å². The Balaban J connectivity index is 0.000000810. The molecule has 10 heavy (non-hydrogen) atoms. The van der Waals surface area contributed by atoms with E-state index in [4.69, 9.17) is 5.11 Å². The summed E-state index contributed by atoms with van der Waals surface area (Å²) in [5.74, 6) is 0. The van der Waals surface area contributed by atoms with Gasteiger partial charge in [0, 0.05) is 6.54 Å². The Morgan fingerprint density at radius 3 is 2.90 bits per heavy atom. The lowest BCUT2D eigenvalue weighted by Crippen LogP contribution is -2.30. The van der Waals surface area contributed by atoms with Crippen LogP contribution in [0.25, 0.3) is 0 Å². The maximum Gasteiger partial charge on any atom is 0.127 e. The Kier molecular flexibility index (Phi) is 4.95. The minimum absolute atomic E-state index is 0. The maximum absolute atomic E-state index is 12.5. The van der Waals surface area contributed by atoms with Gasteiger partial charge >= 0.3 is 0 Å². The van der Waals surface area contributed by atoms with Gasteiger partial charge in [0.1, 0.15) is 6.17 Å². The van der Waals surface area contributed by atoms with E-state index >= 15 is 0 Å². The molecule has 2 N–H and O–H groups in total. The zero-order valence-electron chi connectivity index (χ0n) is 5.72. The largest absolute Gasteiger partial charge is 0.389 e. The van der Waals surface area contributed by atoms with Crippen molar-refractivity contribution in [2.24, 2.45) is 0 Å². The summed E-state index contributed by atoms with van der Waals surface area (Å²) in [6.45, 7) is 1.23. The highest BCUT2D eigenvalue weighted by Crippen LogP contribution is 2.08. The molecule has 1 aliphatic rings. The molecule has 0 saturated carbocycles. The van der Waals surface area contributed by atoms with Crippen molar-refractivity contribution in [1.82, 2.24) is 5.32 Å². The van der Waals surface area contributed by atoms with Crippen molar-refractivity contribution in [2.45, 2.75) is 25.1 Å². The third kappa shape index (κ3) is 2.82. The molecule has 2 unspecified atom stereocenters. The second-order valence-corrected chi connectivity index (χ2v) is 2.43. The number of aliphatic hydroxyl groups excluding tert-OH is 1. The summed E-state index contributed by atoms with van der Waals surface area (Å²) in [5.41, 5.74) is 0. The van der Waals surface area contributed by atoms with Crippen LogP contribution in [0.2, 0.25) is 0 Å². The second kappa shape index (κ2) is 4.88. The van der Waals surface area contributed by atoms with E-state index in [-0.39, 0.29) is 12.4 Å². The minimum atomic E-state index is -1.01. The van der Waals surface area contributed by atoms with Crippen LogP contribution in [0.1, 0.15) is 12.8 Å². The quantitative estimate of drug-likeness (QED) is 0.553. The van der Waals surface area contributed by atoms with Crippen molar-refractivity contribution in [3.63, 3.8) is 0 Å². The summed E-state index contributed by atoms with van der Waals surface area (Å²) in [4.78, 5) is 0. The van der Waals surface area contributed by atoms with Crippen LogP contribution < -0.4 is 5.32 Å². The fourth-order valence-corrected chi connectivity index (χ4v) is 0.992. The molecule has 2 atom stereocenters. The molecule has 1 saturated heterocycles. The Morgan fingerprint density at radius 2 is 2.20 bits per heavy atom. The lowest BCUT2D eigenvalue weighted by atomic mass is 10.1. The summed E-state index contributed by atoms with van der Waals surface area (Å²) in [7, 11) is 0. The average molecular weight is 170 g/mol. The Labute approximate surface area is 66.2 Å². The van der Waals surface area contributed by atoms with Gasteiger partial charge in [0.05, 0.1) is 6.10 Å². The van der Waals surface area contributed by atoms with E-state index in [1.54, 1.807) is 0 Å². The van der Waals surface area contributed by atoms with Gasteiger partial charge in [-0.1, -0.05) is 0 Å². The fourth-order valence-electron chi connectivity index (χ4n) is 0.992. The summed E-state index contributed by atoms with van der Waals surface area (Å²) >= 11 is 0. The number of rotatable bonds is 0. The van der Waals surface area contributed by atoms with Gasteiger partial charge in [-0.15, -0.1) is 12.4 Å². The molecular formula is C6H13ClFNO. The Hall–Kier alpha value is 0.140. The van der Waals surface area contributed by atoms with E-state index in [1.807, 2.05) is 0 Å². The number of aliphatic hydroxyl groups is 1. The van der Waals surface area contributed by atoms with Gasteiger partial charge in [-0.05, 0) is 19.4 Å². The van der Waals surface area contributed by atoms with E-state index in [1.165, 1.54) is 0 Å². The van der Waals surface area contributed by atoms with Crippen molar-refractivity contribution < 1.29 is 9.50 Å². The minimum Gasteiger partial charge on any atom is -0.389 e. The van der Waals surface area contributed by atoms with Crippen molar-refractivity contribution in [2.75, 3.05) is 13.1 Å². The van der Waals surface area contributed by atoms with E-state index in [0.29, 0.717) is 13.0 Å². The molecule has 0 radical (unpaired) electrons. The van der Waals surface area contributed by atoms with E-state index in [2.05, 4.69) is 5.32 Å². The SMILES string of the molecule is Cl.OC1CNCCCC1F. The number of halogens is 2. The number of β-amino-alcohol motifs (C(OH)–C–C–N with tert-alkyl or cyclic N) is 1. The summed E-state index contributed by atoms with van der Waals surface area (Å²) in [5, 5.41) is 11.9. The monoisotopic (exact) mass is 169 g/mol. The highest BCUT2D eigenvalue weighted by molar-refractivity contribution is 5.85. The topological polar surface area (TPSA) is 32.3 Å². The van der Waals surface area contributed by atoms with Gasteiger partial charge in [0.25, 0.3) is 0 Å². The van der Waals surface area contributed by atoms with Crippen LogP contribution in [0.5, 0.6) is 0 Å². The molecule has 0 aromatic heterocycles. The lowest BCUT2D eigenvalue weighted by Gasteiger charge is -2.09. The van der Waals surface area contributed by atoms with Gasteiger partial charge in [-0.2, -0.15) is 0 Å². The van der Waals surface area contributed by atoms with Gasteiger partial charge in [0.2, 0.25) is 0 Å². The van der Waals surface area contributed by atoms with Crippen molar-refractivity contribution in [1.29, 1.82) is 0 Å². The zero-order chi connectivity index (χ0) is 6.69.